The largest absolute Gasteiger partial charge is 0.493 e. The van der Waals surface area contributed by atoms with Crippen molar-refractivity contribution >= 4 is 0 Å². The van der Waals surface area contributed by atoms with Gasteiger partial charge in [0.1, 0.15) is 5.75 Å². The summed E-state index contributed by atoms with van der Waals surface area (Å²) in [6.45, 7) is 6.18. The molecule has 0 fully saturated rings. The number of hydrogen-bond donors (Lipinski definition) is 2. The third-order valence-corrected chi connectivity index (χ3v) is 2.45. The van der Waals surface area contributed by atoms with Crippen molar-refractivity contribution in [1.82, 2.24) is 0 Å². The van der Waals surface area contributed by atoms with Crippen LogP contribution in [0.1, 0.15) is 31.1 Å². The Bertz CT molecular complexity index is 334. The van der Waals surface area contributed by atoms with Crippen LogP contribution in [-0.4, -0.2) is 23.4 Å². The maximum absolute atomic E-state index is 9.59. The summed E-state index contributed by atoms with van der Waals surface area (Å²) >= 11 is 0. The van der Waals surface area contributed by atoms with Crippen molar-refractivity contribution in [3.05, 3.63) is 29.3 Å². The van der Waals surface area contributed by atoms with E-state index in [1.807, 2.05) is 32.0 Å². The van der Waals surface area contributed by atoms with Gasteiger partial charge >= 0.3 is 0 Å². The molecule has 2 unspecified atom stereocenters. The summed E-state index contributed by atoms with van der Waals surface area (Å²) in [5.41, 5.74) is 1.88. The van der Waals surface area contributed by atoms with Crippen LogP contribution in [0.4, 0.5) is 0 Å². The van der Waals surface area contributed by atoms with Gasteiger partial charge in [0, 0.05) is 18.1 Å². The fraction of sp³-hybridized carbons (Fsp3) is 0.538. The van der Waals surface area contributed by atoms with Gasteiger partial charge in [0.25, 0.3) is 0 Å². The third-order valence-electron chi connectivity index (χ3n) is 2.45. The average Bonchev–Trinajstić information content (AvgIpc) is 2.25. The number of rotatable bonds is 5. The molecule has 3 heteroatoms. The van der Waals surface area contributed by atoms with Gasteiger partial charge in [0.15, 0.2) is 0 Å². The Morgan fingerprint density at radius 2 is 2.00 bits per heavy atom. The van der Waals surface area contributed by atoms with E-state index < -0.39 is 6.10 Å². The van der Waals surface area contributed by atoms with Crippen LogP contribution in [0.2, 0.25) is 0 Å². The maximum Gasteiger partial charge on any atom is 0.125 e. The van der Waals surface area contributed by atoms with Crippen molar-refractivity contribution in [2.75, 3.05) is 13.2 Å². The topological polar surface area (TPSA) is 49.7 Å². The fourth-order valence-electron chi connectivity index (χ4n) is 1.40. The highest BCUT2D eigenvalue weighted by atomic mass is 16.5. The number of hydrogen-bond acceptors (Lipinski definition) is 3. The second-order valence-corrected chi connectivity index (χ2v) is 4.32. The summed E-state index contributed by atoms with van der Waals surface area (Å²) < 4.78 is 5.61. The molecule has 2 atom stereocenters. The molecule has 1 aromatic carbocycles. The molecule has 0 bridgehead atoms. The number of aliphatic hydroxyl groups is 2. The van der Waals surface area contributed by atoms with Crippen LogP contribution in [0.3, 0.4) is 0 Å². The van der Waals surface area contributed by atoms with Crippen molar-refractivity contribution in [2.24, 2.45) is 5.92 Å². The minimum atomic E-state index is -0.542. The molecule has 0 saturated carbocycles. The number of benzene rings is 1. The van der Waals surface area contributed by atoms with Gasteiger partial charge in [-0.3, -0.25) is 0 Å². The Kier molecular flexibility index (Phi) is 4.77. The second kappa shape index (κ2) is 5.87. The first-order valence-electron chi connectivity index (χ1n) is 5.57. The van der Waals surface area contributed by atoms with E-state index in [-0.39, 0.29) is 12.5 Å². The Morgan fingerprint density at radius 3 is 2.56 bits per heavy atom. The molecule has 16 heavy (non-hydrogen) atoms. The minimum Gasteiger partial charge on any atom is -0.493 e. The van der Waals surface area contributed by atoms with E-state index in [0.717, 1.165) is 11.1 Å². The molecule has 2 N–H and O–H groups in total. The van der Waals surface area contributed by atoms with Crippen LogP contribution >= 0.6 is 0 Å². The zero-order chi connectivity index (χ0) is 12.1. The predicted molar refractivity (Wildman–Crippen MR) is 63.6 cm³/mol. The summed E-state index contributed by atoms with van der Waals surface area (Å²) in [5.74, 6) is 0.803. The highest BCUT2D eigenvalue weighted by Crippen LogP contribution is 2.26. The van der Waals surface area contributed by atoms with Crippen molar-refractivity contribution in [2.45, 2.75) is 26.9 Å². The number of aliphatic hydroxyl groups excluding tert-OH is 2. The first-order valence-corrected chi connectivity index (χ1v) is 5.57. The van der Waals surface area contributed by atoms with Crippen LogP contribution in [0.15, 0.2) is 18.2 Å². The number of aryl methyl sites for hydroxylation is 1. The van der Waals surface area contributed by atoms with E-state index in [1.165, 1.54) is 0 Å². The van der Waals surface area contributed by atoms with E-state index in [9.17, 15) is 5.11 Å². The van der Waals surface area contributed by atoms with Gasteiger partial charge in [0.05, 0.1) is 12.7 Å². The predicted octanol–water partition coefficient (Wildman–Crippen LogP) is 2.06. The van der Waals surface area contributed by atoms with Crippen molar-refractivity contribution in [3.8, 4) is 5.75 Å². The van der Waals surface area contributed by atoms with Crippen LogP contribution < -0.4 is 4.74 Å². The van der Waals surface area contributed by atoms with Gasteiger partial charge in [-0.05, 0) is 25.5 Å². The molecule has 0 spiro atoms. The maximum atomic E-state index is 9.59. The van der Waals surface area contributed by atoms with Gasteiger partial charge in [-0.2, -0.15) is 0 Å². The molecular weight excluding hydrogens is 204 g/mol. The van der Waals surface area contributed by atoms with E-state index in [0.29, 0.717) is 12.4 Å². The highest BCUT2D eigenvalue weighted by molar-refractivity contribution is 5.38. The van der Waals surface area contributed by atoms with Crippen molar-refractivity contribution < 1.29 is 14.9 Å². The SMILES string of the molecule is Cc1ccc(C(C)O)c(OCC(C)CO)c1. The van der Waals surface area contributed by atoms with E-state index in [2.05, 4.69) is 0 Å². The fourth-order valence-corrected chi connectivity index (χ4v) is 1.40. The average molecular weight is 224 g/mol. The lowest BCUT2D eigenvalue weighted by Crippen LogP contribution is -2.13. The van der Waals surface area contributed by atoms with Gasteiger partial charge in [-0.1, -0.05) is 19.1 Å². The lowest BCUT2D eigenvalue weighted by molar-refractivity contribution is 0.163. The zero-order valence-electron chi connectivity index (χ0n) is 10.1. The summed E-state index contributed by atoms with van der Waals surface area (Å²) in [7, 11) is 0. The summed E-state index contributed by atoms with van der Waals surface area (Å²) in [6.07, 6.45) is -0.542. The molecule has 0 aliphatic rings. The molecule has 1 rings (SSSR count). The van der Waals surface area contributed by atoms with E-state index in [1.54, 1.807) is 6.92 Å². The highest BCUT2D eigenvalue weighted by Gasteiger charge is 2.10. The number of ether oxygens (including phenoxy) is 1. The van der Waals surface area contributed by atoms with E-state index >= 15 is 0 Å². The lowest BCUT2D eigenvalue weighted by Gasteiger charge is -2.16. The Morgan fingerprint density at radius 1 is 1.31 bits per heavy atom. The van der Waals surface area contributed by atoms with Gasteiger partial charge in [0.2, 0.25) is 0 Å². The Balaban J connectivity index is 2.80. The molecular formula is C13H20O3. The third kappa shape index (κ3) is 3.51. The monoisotopic (exact) mass is 224 g/mol. The first kappa shape index (κ1) is 13.0. The Hall–Kier alpha value is -1.06. The molecule has 1 aromatic rings. The van der Waals surface area contributed by atoms with Gasteiger partial charge in [-0.25, -0.2) is 0 Å². The van der Waals surface area contributed by atoms with Crippen LogP contribution in [0.5, 0.6) is 5.75 Å². The van der Waals surface area contributed by atoms with Crippen molar-refractivity contribution in [1.29, 1.82) is 0 Å². The molecule has 0 aromatic heterocycles. The molecule has 90 valence electrons. The second-order valence-electron chi connectivity index (χ2n) is 4.32. The smallest absolute Gasteiger partial charge is 0.125 e. The molecule has 3 nitrogen and oxygen atoms in total. The van der Waals surface area contributed by atoms with Crippen LogP contribution in [0, 0.1) is 12.8 Å². The standard InChI is InChI=1S/C13H20O3/c1-9-4-5-12(11(3)15)13(6-9)16-8-10(2)7-14/h4-6,10-11,14-15H,7-8H2,1-3H3. The normalized spacial score (nSPS) is 14.6. The summed E-state index contributed by atoms with van der Waals surface area (Å²) in [4.78, 5) is 0. The Labute approximate surface area is 96.7 Å². The van der Waals surface area contributed by atoms with Gasteiger partial charge in [-0.15, -0.1) is 0 Å². The molecule has 0 aliphatic carbocycles. The summed E-state index contributed by atoms with van der Waals surface area (Å²) in [5, 5.41) is 18.5. The quantitative estimate of drug-likeness (QED) is 0.804. The van der Waals surface area contributed by atoms with Crippen LogP contribution in [0.25, 0.3) is 0 Å². The first-order chi connectivity index (χ1) is 7.54. The van der Waals surface area contributed by atoms with Crippen molar-refractivity contribution in [3.63, 3.8) is 0 Å². The molecule has 0 aliphatic heterocycles. The van der Waals surface area contributed by atoms with Crippen LogP contribution in [-0.2, 0) is 0 Å². The molecule has 0 amide bonds. The lowest BCUT2D eigenvalue weighted by atomic mass is 10.1. The van der Waals surface area contributed by atoms with E-state index in [4.69, 9.17) is 9.84 Å². The molecule has 0 saturated heterocycles. The minimum absolute atomic E-state index is 0.0994. The molecule has 0 radical (unpaired) electrons. The van der Waals surface area contributed by atoms with Gasteiger partial charge < -0.3 is 14.9 Å². The molecule has 0 heterocycles. The summed E-state index contributed by atoms with van der Waals surface area (Å²) in [6, 6.07) is 5.73. The zero-order valence-corrected chi connectivity index (χ0v) is 10.1.